The highest BCUT2D eigenvalue weighted by atomic mass is 32.1. The van der Waals surface area contributed by atoms with Crippen LogP contribution < -0.4 is 0 Å². The Hall–Kier alpha value is -0.480. The fourth-order valence-electron chi connectivity index (χ4n) is 3.66. The maximum absolute atomic E-state index is 4.66. The van der Waals surface area contributed by atoms with Gasteiger partial charge in [0.1, 0.15) is 0 Å². The first kappa shape index (κ1) is 13.5. The molecule has 0 saturated carbocycles. The van der Waals surface area contributed by atoms with Gasteiger partial charge in [0.05, 0.1) is 23.1 Å². The molecule has 3 fully saturated rings. The minimum atomic E-state index is 0.683. The van der Waals surface area contributed by atoms with Crippen molar-refractivity contribution < 1.29 is 0 Å². The average molecular weight is 279 g/mol. The van der Waals surface area contributed by atoms with Gasteiger partial charge in [0.15, 0.2) is 0 Å². The van der Waals surface area contributed by atoms with Gasteiger partial charge in [-0.15, -0.1) is 0 Å². The van der Waals surface area contributed by atoms with Gasteiger partial charge in [0, 0.05) is 12.5 Å². The number of hydrogen-bond acceptors (Lipinski definition) is 4. The summed E-state index contributed by atoms with van der Waals surface area (Å²) in [4.78, 5) is 2.62. The molecule has 1 aromatic rings. The van der Waals surface area contributed by atoms with E-state index in [1.807, 2.05) is 0 Å². The van der Waals surface area contributed by atoms with E-state index in [1.165, 1.54) is 81.3 Å². The third kappa shape index (κ3) is 3.00. The second-order valence-electron chi connectivity index (χ2n) is 6.15. The van der Waals surface area contributed by atoms with Crippen LogP contribution in [0.3, 0.4) is 0 Å². The van der Waals surface area contributed by atoms with E-state index in [4.69, 9.17) is 0 Å². The standard InChI is InChI=1S/C15H25N3S/c1-2-3-4-5-6-14-15(17-19-16-14)13-11-18-9-7-12(13)8-10-18/h12-13H,2-11H2,1H3. The molecule has 106 valence electrons. The molecule has 19 heavy (non-hydrogen) atoms. The topological polar surface area (TPSA) is 29.0 Å². The normalized spacial score (nSPS) is 29.8. The van der Waals surface area contributed by atoms with Crippen LogP contribution in [0.25, 0.3) is 0 Å². The van der Waals surface area contributed by atoms with E-state index >= 15 is 0 Å². The van der Waals surface area contributed by atoms with Crippen molar-refractivity contribution in [2.24, 2.45) is 5.92 Å². The van der Waals surface area contributed by atoms with Crippen molar-refractivity contribution in [1.82, 2.24) is 13.6 Å². The van der Waals surface area contributed by atoms with Gasteiger partial charge in [0.2, 0.25) is 0 Å². The van der Waals surface area contributed by atoms with E-state index in [0.29, 0.717) is 5.92 Å². The molecule has 3 saturated heterocycles. The Morgan fingerprint density at radius 2 is 2.00 bits per heavy atom. The first-order valence-corrected chi connectivity index (χ1v) is 8.65. The maximum atomic E-state index is 4.66. The van der Waals surface area contributed by atoms with E-state index in [9.17, 15) is 0 Å². The van der Waals surface area contributed by atoms with Gasteiger partial charge in [0.25, 0.3) is 0 Å². The number of aryl methyl sites for hydroxylation is 1. The summed E-state index contributed by atoms with van der Waals surface area (Å²) in [7, 11) is 0. The van der Waals surface area contributed by atoms with Crippen LogP contribution in [0.1, 0.15) is 62.8 Å². The molecule has 0 aromatic carbocycles. The first-order chi connectivity index (χ1) is 9.38. The number of unbranched alkanes of at least 4 members (excludes halogenated alkanes) is 3. The summed E-state index contributed by atoms with van der Waals surface area (Å²) in [5.41, 5.74) is 2.68. The average Bonchev–Trinajstić information content (AvgIpc) is 2.93. The Kier molecular flexibility index (Phi) is 4.49. The molecule has 3 nitrogen and oxygen atoms in total. The van der Waals surface area contributed by atoms with Crippen molar-refractivity contribution >= 4 is 11.7 Å². The summed E-state index contributed by atoms with van der Waals surface area (Å²) in [6.07, 6.45) is 9.18. The van der Waals surface area contributed by atoms with Crippen LogP contribution in [0.4, 0.5) is 0 Å². The molecule has 4 rings (SSSR count). The monoisotopic (exact) mass is 279 g/mol. The minimum absolute atomic E-state index is 0.683. The molecule has 0 aliphatic carbocycles. The number of hydrogen-bond donors (Lipinski definition) is 0. The van der Waals surface area contributed by atoms with Gasteiger partial charge < -0.3 is 4.90 Å². The SMILES string of the molecule is CCCCCCc1nsnc1C1CN2CCC1CC2. The van der Waals surface area contributed by atoms with Crippen molar-refractivity contribution in [3.63, 3.8) is 0 Å². The van der Waals surface area contributed by atoms with E-state index in [-0.39, 0.29) is 0 Å². The fraction of sp³-hybridized carbons (Fsp3) is 0.867. The molecule has 3 aliphatic rings. The second-order valence-corrected chi connectivity index (χ2v) is 6.68. The predicted octanol–water partition coefficient (Wildman–Crippen LogP) is 3.47. The molecule has 3 aliphatic heterocycles. The van der Waals surface area contributed by atoms with Gasteiger partial charge >= 0.3 is 0 Å². The van der Waals surface area contributed by atoms with Crippen molar-refractivity contribution in [2.45, 2.75) is 57.8 Å². The van der Waals surface area contributed by atoms with E-state index in [1.54, 1.807) is 0 Å². The minimum Gasteiger partial charge on any atom is -0.303 e. The molecule has 1 aromatic heterocycles. The highest BCUT2D eigenvalue weighted by molar-refractivity contribution is 6.99. The molecular weight excluding hydrogens is 254 g/mol. The lowest BCUT2D eigenvalue weighted by atomic mass is 9.77. The Labute approximate surface area is 120 Å². The van der Waals surface area contributed by atoms with Gasteiger partial charge in [-0.05, 0) is 44.7 Å². The van der Waals surface area contributed by atoms with Gasteiger partial charge in [-0.3, -0.25) is 0 Å². The van der Waals surface area contributed by atoms with Crippen LogP contribution >= 0.6 is 11.7 Å². The number of nitrogens with zero attached hydrogens (tertiary/aromatic N) is 3. The largest absolute Gasteiger partial charge is 0.303 e. The van der Waals surface area contributed by atoms with Crippen molar-refractivity contribution in [3.8, 4) is 0 Å². The summed E-state index contributed by atoms with van der Waals surface area (Å²) >= 11 is 1.43. The fourth-order valence-corrected chi connectivity index (χ4v) is 4.32. The summed E-state index contributed by atoms with van der Waals surface area (Å²) in [5, 5.41) is 0. The summed E-state index contributed by atoms with van der Waals surface area (Å²) in [6, 6.07) is 0. The molecule has 4 heteroatoms. The Morgan fingerprint density at radius 3 is 2.68 bits per heavy atom. The van der Waals surface area contributed by atoms with Crippen molar-refractivity contribution in [3.05, 3.63) is 11.4 Å². The lowest BCUT2D eigenvalue weighted by molar-refractivity contribution is 0.0853. The molecule has 0 spiro atoms. The van der Waals surface area contributed by atoms with Crippen LogP contribution in [0.5, 0.6) is 0 Å². The van der Waals surface area contributed by atoms with Gasteiger partial charge in [-0.2, -0.15) is 8.75 Å². The molecule has 0 radical (unpaired) electrons. The molecule has 4 heterocycles. The second kappa shape index (κ2) is 6.31. The number of rotatable bonds is 6. The molecule has 0 amide bonds. The van der Waals surface area contributed by atoms with Crippen molar-refractivity contribution in [2.75, 3.05) is 19.6 Å². The smallest absolute Gasteiger partial charge is 0.0821 e. The van der Waals surface area contributed by atoms with E-state index < -0.39 is 0 Å². The highest BCUT2D eigenvalue weighted by Gasteiger charge is 2.37. The zero-order chi connectivity index (χ0) is 13.1. The molecule has 1 atom stereocenters. The summed E-state index contributed by atoms with van der Waals surface area (Å²) < 4.78 is 9.25. The number of fused-ring (bicyclic) bond motifs is 3. The molecular formula is C15H25N3S. The van der Waals surface area contributed by atoms with Crippen LogP contribution in [0.2, 0.25) is 0 Å². The third-order valence-electron chi connectivity index (χ3n) is 4.86. The van der Waals surface area contributed by atoms with E-state index in [0.717, 1.165) is 12.3 Å². The van der Waals surface area contributed by atoms with Crippen LogP contribution in [-0.2, 0) is 6.42 Å². The predicted molar refractivity (Wildman–Crippen MR) is 79.7 cm³/mol. The third-order valence-corrected chi connectivity index (χ3v) is 5.44. The summed E-state index contributed by atoms with van der Waals surface area (Å²) in [5.74, 6) is 1.56. The van der Waals surface area contributed by atoms with Crippen LogP contribution in [0, 0.1) is 5.92 Å². The van der Waals surface area contributed by atoms with Crippen LogP contribution in [0.15, 0.2) is 0 Å². The Morgan fingerprint density at radius 1 is 1.16 bits per heavy atom. The first-order valence-electron chi connectivity index (χ1n) is 7.92. The molecule has 2 bridgehead atoms. The Balaban J connectivity index is 1.63. The van der Waals surface area contributed by atoms with E-state index in [2.05, 4.69) is 20.6 Å². The molecule has 0 N–H and O–H groups in total. The maximum Gasteiger partial charge on any atom is 0.0821 e. The highest BCUT2D eigenvalue weighted by Crippen LogP contribution is 2.39. The molecule has 1 unspecified atom stereocenters. The zero-order valence-corrected chi connectivity index (χ0v) is 12.8. The zero-order valence-electron chi connectivity index (χ0n) is 12.0. The lowest BCUT2D eigenvalue weighted by Crippen LogP contribution is -2.46. The van der Waals surface area contributed by atoms with Crippen molar-refractivity contribution in [1.29, 1.82) is 0 Å². The van der Waals surface area contributed by atoms with Gasteiger partial charge in [-0.25, -0.2) is 0 Å². The number of aromatic nitrogens is 2. The quantitative estimate of drug-likeness (QED) is 0.747. The lowest BCUT2D eigenvalue weighted by Gasteiger charge is -2.44. The Bertz CT molecular complexity index is 396. The van der Waals surface area contributed by atoms with Crippen LogP contribution in [-0.4, -0.2) is 33.3 Å². The van der Waals surface area contributed by atoms with Gasteiger partial charge in [-0.1, -0.05) is 26.2 Å². The number of piperidine rings is 3. The summed E-state index contributed by atoms with van der Waals surface area (Å²) in [6.45, 7) is 6.12.